The molecule has 20 heavy (non-hydrogen) atoms. The first-order valence-corrected chi connectivity index (χ1v) is 6.96. The van der Waals surface area contributed by atoms with Crippen LogP contribution in [0.3, 0.4) is 0 Å². The second kappa shape index (κ2) is 8.48. The summed E-state index contributed by atoms with van der Waals surface area (Å²) in [5.41, 5.74) is 0.783. The van der Waals surface area contributed by atoms with Gasteiger partial charge in [-0.15, -0.1) is 0 Å². The number of hydrogen-bond acceptors (Lipinski definition) is 3. The van der Waals surface area contributed by atoms with Gasteiger partial charge in [0.05, 0.1) is 18.7 Å². The Morgan fingerprint density at radius 1 is 1.40 bits per heavy atom. The lowest BCUT2D eigenvalue weighted by molar-refractivity contribution is -0.116. The second-order valence-corrected chi connectivity index (χ2v) is 4.50. The lowest BCUT2D eigenvalue weighted by Gasteiger charge is -2.11. The number of methoxy groups -OCH3 is 1. The molecule has 0 aliphatic rings. The van der Waals surface area contributed by atoms with Crippen molar-refractivity contribution >= 4 is 23.6 Å². The molecule has 0 aromatic heterocycles. The predicted octanol–water partition coefficient (Wildman–Crippen LogP) is 3.29. The molecular weight excluding hydrogens is 278 g/mol. The van der Waals surface area contributed by atoms with Crippen molar-refractivity contribution in [1.29, 1.82) is 0 Å². The molecule has 0 unspecified atom stereocenters. The maximum atomic E-state index is 11.5. The van der Waals surface area contributed by atoms with Crippen molar-refractivity contribution < 1.29 is 14.3 Å². The van der Waals surface area contributed by atoms with E-state index in [1.807, 2.05) is 13.8 Å². The van der Waals surface area contributed by atoms with Gasteiger partial charge in [-0.3, -0.25) is 4.79 Å². The van der Waals surface area contributed by atoms with Crippen LogP contribution < -0.4 is 14.8 Å². The molecule has 0 bridgehead atoms. The van der Waals surface area contributed by atoms with Crippen molar-refractivity contribution in [1.82, 2.24) is 5.32 Å². The standard InChI is InChI=1S/C15H20ClNO3/c1-4-8-17-14(18)7-6-11-9-12(16)15(19-3)13(10-11)20-5-2/h6-7,9-10H,4-5,8H2,1-3H3,(H,17,18)/b7-6+. The number of ether oxygens (including phenoxy) is 2. The number of carbonyl (C=O) groups excluding carboxylic acids is 1. The summed E-state index contributed by atoms with van der Waals surface area (Å²) in [6.45, 7) is 5.06. The first-order chi connectivity index (χ1) is 9.62. The smallest absolute Gasteiger partial charge is 0.243 e. The van der Waals surface area contributed by atoms with Crippen LogP contribution in [-0.2, 0) is 4.79 Å². The van der Waals surface area contributed by atoms with E-state index in [-0.39, 0.29) is 5.91 Å². The van der Waals surface area contributed by atoms with Crippen LogP contribution in [0.15, 0.2) is 18.2 Å². The molecule has 1 rings (SSSR count). The molecule has 0 spiro atoms. The Bertz CT molecular complexity index is 486. The van der Waals surface area contributed by atoms with Gasteiger partial charge in [-0.1, -0.05) is 18.5 Å². The molecule has 0 saturated heterocycles. The van der Waals surface area contributed by atoms with Gasteiger partial charge in [0.25, 0.3) is 0 Å². The average molecular weight is 298 g/mol. The summed E-state index contributed by atoms with van der Waals surface area (Å²) in [6.07, 6.45) is 4.07. The van der Waals surface area contributed by atoms with E-state index in [1.54, 1.807) is 18.2 Å². The zero-order valence-corrected chi connectivity index (χ0v) is 12.8. The highest BCUT2D eigenvalue weighted by atomic mass is 35.5. The van der Waals surface area contributed by atoms with Gasteiger partial charge in [-0.2, -0.15) is 0 Å². The summed E-state index contributed by atoms with van der Waals surface area (Å²) in [5.74, 6) is 0.939. The van der Waals surface area contributed by atoms with Crippen LogP contribution in [0.25, 0.3) is 6.08 Å². The quantitative estimate of drug-likeness (QED) is 0.786. The van der Waals surface area contributed by atoms with Crippen LogP contribution in [-0.4, -0.2) is 26.2 Å². The van der Waals surface area contributed by atoms with E-state index < -0.39 is 0 Å². The molecule has 1 N–H and O–H groups in total. The fraction of sp³-hybridized carbons (Fsp3) is 0.400. The van der Waals surface area contributed by atoms with Gasteiger partial charge >= 0.3 is 0 Å². The summed E-state index contributed by atoms with van der Waals surface area (Å²) in [7, 11) is 1.54. The number of nitrogens with one attached hydrogen (secondary N) is 1. The molecule has 0 fully saturated rings. The summed E-state index contributed by atoms with van der Waals surface area (Å²) >= 11 is 6.13. The van der Waals surface area contributed by atoms with E-state index in [1.165, 1.54) is 13.2 Å². The van der Waals surface area contributed by atoms with Crippen molar-refractivity contribution in [3.8, 4) is 11.5 Å². The van der Waals surface area contributed by atoms with Crippen LogP contribution in [0.4, 0.5) is 0 Å². The Labute approximate surface area is 124 Å². The Balaban J connectivity index is 2.90. The lowest BCUT2D eigenvalue weighted by Crippen LogP contribution is -2.21. The molecule has 0 aliphatic carbocycles. The zero-order chi connectivity index (χ0) is 15.0. The van der Waals surface area contributed by atoms with E-state index in [4.69, 9.17) is 21.1 Å². The van der Waals surface area contributed by atoms with Gasteiger partial charge in [0.15, 0.2) is 11.5 Å². The van der Waals surface area contributed by atoms with Gasteiger partial charge in [0, 0.05) is 12.6 Å². The highest BCUT2D eigenvalue weighted by molar-refractivity contribution is 6.32. The first kappa shape index (κ1) is 16.4. The fourth-order valence-corrected chi connectivity index (χ4v) is 1.92. The maximum Gasteiger partial charge on any atom is 0.243 e. The van der Waals surface area contributed by atoms with Crippen LogP contribution in [0.2, 0.25) is 5.02 Å². The minimum Gasteiger partial charge on any atom is -0.491 e. The summed E-state index contributed by atoms with van der Waals surface area (Å²) in [5, 5.41) is 3.22. The second-order valence-electron chi connectivity index (χ2n) is 4.09. The van der Waals surface area contributed by atoms with Gasteiger partial charge < -0.3 is 14.8 Å². The number of benzene rings is 1. The Kier molecular flexibility index (Phi) is 6.94. The van der Waals surface area contributed by atoms with E-state index in [0.29, 0.717) is 29.7 Å². The molecule has 1 amide bonds. The van der Waals surface area contributed by atoms with Crippen LogP contribution >= 0.6 is 11.6 Å². The average Bonchev–Trinajstić information content (AvgIpc) is 2.43. The lowest BCUT2D eigenvalue weighted by atomic mass is 10.2. The molecule has 1 aromatic rings. The summed E-state index contributed by atoms with van der Waals surface area (Å²) in [6, 6.07) is 3.52. The largest absolute Gasteiger partial charge is 0.491 e. The molecule has 0 atom stereocenters. The Morgan fingerprint density at radius 2 is 2.15 bits per heavy atom. The monoisotopic (exact) mass is 297 g/mol. The molecule has 1 aromatic carbocycles. The zero-order valence-electron chi connectivity index (χ0n) is 12.0. The van der Waals surface area contributed by atoms with Crippen LogP contribution in [0.5, 0.6) is 11.5 Å². The maximum absolute atomic E-state index is 11.5. The van der Waals surface area contributed by atoms with Gasteiger partial charge in [-0.25, -0.2) is 0 Å². The molecule has 0 aliphatic heterocycles. The van der Waals surface area contributed by atoms with Gasteiger partial charge in [0.1, 0.15) is 0 Å². The molecule has 4 nitrogen and oxygen atoms in total. The Hall–Kier alpha value is -1.68. The molecular formula is C15H20ClNO3. The third-order valence-electron chi connectivity index (χ3n) is 2.51. The highest BCUT2D eigenvalue weighted by Crippen LogP contribution is 2.36. The molecule has 5 heteroatoms. The number of carbonyl (C=O) groups is 1. The van der Waals surface area contributed by atoms with Crippen molar-refractivity contribution in [3.63, 3.8) is 0 Å². The van der Waals surface area contributed by atoms with E-state index in [9.17, 15) is 4.79 Å². The normalized spacial score (nSPS) is 10.6. The predicted molar refractivity (Wildman–Crippen MR) is 81.5 cm³/mol. The number of halogens is 1. The van der Waals surface area contributed by atoms with Gasteiger partial charge in [-0.05, 0) is 37.1 Å². The highest BCUT2D eigenvalue weighted by Gasteiger charge is 2.10. The van der Waals surface area contributed by atoms with E-state index in [2.05, 4.69) is 5.32 Å². The van der Waals surface area contributed by atoms with Crippen molar-refractivity contribution in [2.75, 3.05) is 20.3 Å². The summed E-state index contributed by atoms with van der Waals surface area (Å²) < 4.78 is 10.7. The van der Waals surface area contributed by atoms with E-state index >= 15 is 0 Å². The minimum absolute atomic E-state index is 0.128. The van der Waals surface area contributed by atoms with E-state index in [0.717, 1.165) is 12.0 Å². The molecule has 110 valence electrons. The minimum atomic E-state index is -0.128. The SMILES string of the molecule is CCCNC(=O)/C=C/c1cc(Cl)c(OC)c(OCC)c1. The first-order valence-electron chi connectivity index (χ1n) is 6.58. The fourth-order valence-electron chi connectivity index (χ4n) is 1.62. The molecule has 0 heterocycles. The number of amides is 1. The van der Waals surface area contributed by atoms with Crippen LogP contribution in [0, 0.1) is 0 Å². The number of rotatable bonds is 7. The Morgan fingerprint density at radius 3 is 2.75 bits per heavy atom. The van der Waals surface area contributed by atoms with Gasteiger partial charge in [0.2, 0.25) is 5.91 Å². The van der Waals surface area contributed by atoms with Crippen molar-refractivity contribution in [3.05, 3.63) is 28.8 Å². The van der Waals surface area contributed by atoms with Crippen molar-refractivity contribution in [2.24, 2.45) is 0 Å². The number of hydrogen-bond donors (Lipinski definition) is 1. The molecule has 0 radical (unpaired) electrons. The van der Waals surface area contributed by atoms with Crippen molar-refractivity contribution in [2.45, 2.75) is 20.3 Å². The van der Waals surface area contributed by atoms with Crippen LogP contribution in [0.1, 0.15) is 25.8 Å². The third kappa shape index (κ3) is 4.78. The third-order valence-corrected chi connectivity index (χ3v) is 2.79. The summed E-state index contributed by atoms with van der Waals surface area (Å²) in [4.78, 5) is 11.5. The molecule has 0 saturated carbocycles. The topological polar surface area (TPSA) is 47.6 Å².